The molecule has 110 valence electrons. The molecule has 1 aromatic heterocycles. The summed E-state index contributed by atoms with van der Waals surface area (Å²) in [5.74, 6) is -0.396. The Labute approximate surface area is 121 Å². The summed E-state index contributed by atoms with van der Waals surface area (Å²) in [7, 11) is 0. The maximum atomic E-state index is 12.7. The van der Waals surface area contributed by atoms with Gasteiger partial charge in [-0.05, 0) is 20.3 Å². The van der Waals surface area contributed by atoms with E-state index >= 15 is 0 Å². The van der Waals surface area contributed by atoms with E-state index in [2.05, 4.69) is 5.16 Å². The lowest BCUT2D eigenvalue weighted by molar-refractivity contribution is -0.141. The SMILES string of the molecule is CCCC1SCC(C(=O)O)N1C(=O)c1c(C)noc1C. The second-order valence-electron chi connectivity index (χ2n) is 4.84. The molecule has 2 atom stereocenters. The van der Waals surface area contributed by atoms with Crippen molar-refractivity contribution in [2.45, 2.75) is 45.0 Å². The third-order valence-electron chi connectivity index (χ3n) is 3.39. The van der Waals surface area contributed by atoms with Crippen LogP contribution >= 0.6 is 11.8 Å². The predicted molar refractivity (Wildman–Crippen MR) is 74.7 cm³/mol. The van der Waals surface area contributed by atoms with Crippen molar-refractivity contribution in [3.8, 4) is 0 Å². The van der Waals surface area contributed by atoms with Gasteiger partial charge < -0.3 is 14.5 Å². The molecule has 2 rings (SSSR count). The van der Waals surface area contributed by atoms with E-state index in [1.54, 1.807) is 13.8 Å². The van der Waals surface area contributed by atoms with E-state index < -0.39 is 12.0 Å². The third-order valence-corrected chi connectivity index (χ3v) is 4.75. The van der Waals surface area contributed by atoms with E-state index in [1.807, 2.05) is 6.92 Å². The molecule has 1 fully saturated rings. The number of hydrogen-bond acceptors (Lipinski definition) is 5. The van der Waals surface area contributed by atoms with Gasteiger partial charge in [0.1, 0.15) is 17.4 Å². The molecule has 0 radical (unpaired) electrons. The number of aliphatic carboxylic acids is 1. The highest BCUT2D eigenvalue weighted by molar-refractivity contribution is 8.00. The third kappa shape index (κ3) is 2.54. The maximum Gasteiger partial charge on any atom is 0.327 e. The minimum Gasteiger partial charge on any atom is -0.480 e. The molecule has 2 heterocycles. The summed E-state index contributed by atoms with van der Waals surface area (Å²) in [6.45, 7) is 5.38. The summed E-state index contributed by atoms with van der Waals surface area (Å²) >= 11 is 1.52. The Hall–Kier alpha value is -1.50. The fourth-order valence-corrected chi connectivity index (χ4v) is 3.93. The molecule has 0 aromatic carbocycles. The van der Waals surface area contributed by atoms with Crippen LogP contribution in [0.15, 0.2) is 4.52 Å². The summed E-state index contributed by atoms with van der Waals surface area (Å²) in [5.41, 5.74) is 0.892. The summed E-state index contributed by atoms with van der Waals surface area (Å²) in [4.78, 5) is 25.5. The van der Waals surface area contributed by atoms with E-state index in [-0.39, 0.29) is 11.3 Å². The zero-order valence-electron chi connectivity index (χ0n) is 11.8. The molecular formula is C13H18N2O4S. The van der Waals surface area contributed by atoms with Crippen LogP contribution in [0.3, 0.4) is 0 Å². The maximum absolute atomic E-state index is 12.7. The van der Waals surface area contributed by atoms with Gasteiger partial charge in [0, 0.05) is 5.75 Å². The van der Waals surface area contributed by atoms with Crippen molar-refractivity contribution in [3.05, 3.63) is 17.0 Å². The van der Waals surface area contributed by atoms with Gasteiger partial charge in [0.2, 0.25) is 0 Å². The zero-order chi connectivity index (χ0) is 14.9. The Kier molecular flexibility index (Phi) is 4.37. The first kappa shape index (κ1) is 14.9. The Balaban J connectivity index is 2.34. The van der Waals surface area contributed by atoms with Gasteiger partial charge in [-0.3, -0.25) is 4.79 Å². The van der Waals surface area contributed by atoms with E-state index in [9.17, 15) is 14.7 Å². The Morgan fingerprint density at radius 3 is 2.70 bits per heavy atom. The highest BCUT2D eigenvalue weighted by atomic mass is 32.2. The minimum atomic E-state index is -0.962. The molecule has 1 aliphatic heterocycles. The molecule has 1 saturated heterocycles. The van der Waals surface area contributed by atoms with Gasteiger partial charge >= 0.3 is 5.97 Å². The van der Waals surface area contributed by atoms with Gasteiger partial charge in [-0.25, -0.2) is 4.79 Å². The van der Waals surface area contributed by atoms with Gasteiger partial charge in [0.05, 0.1) is 11.1 Å². The van der Waals surface area contributed by atoms with E-state index in [0.29, 0.717) is 22.8 Å². The number of nitrogens with zero attached hydrogens (tertiary/aromatic N) is 2. The van der Waals surface area contributed by atoms with Crippen molar-refractivity contribution < 1.29 is 19.2 Å². The number of amides is 1. The molecule has 2 unspecified atom stereocenters. The van der Waals surface area contributed by atoms with E-state index in [1.165, 1.54) is 16.7 Å². The lowest BCUT2D eigenvalue weighted by atomic mass is 10.1. The number of aryl methyl sites for hydroxylation is 2. The summed E-state index contributed by atoms with van der Waals surface area (Å²) < 4.78 is 5.02. The molecule has 0 saturated carbocycles. The van der Waals surface area contributed by atoms with Crippen LogP contribution in [0.5, 0.6) is 0 Å². The molecule has 20 heavy (non-hydrogen) atoms. The smallest absolute Gasteiger partial charge is 0.327 e. The molecule has 0 spiro atoms. The molecule has 1 amide bonds. The predicted octanol–water partition coefficient (Wildman–Crippen LogP) is 2.06. The molecule has 1 aliphatic rings. The zero-order valence-corrected chi connectivity index (χ0v) is 12.6. The van der Waals surface area contributed by atoms with Crippen molar-refractivity contribution in [2.24, 2.45) is 0 Å². The first-order chi connectivity index (χ1) is 9.47. The van der Waals surface area contributed by atoms with Crippen molar-refractivity contribution >= 4 is 23.6 Å². The normalized spacial score (nSPS) is 22.2. The number of carboxylic acids is 1. The van der Waals surface area contributed by atoms with Gasteiger partial charge in [-0.2, -0.15) is 0 Å². The van der Waals surface area contributed by atoms with E-state index in [4.69, 9.17) is 4.52 Å². The average Bonchev–Trinajstić information content (AvgIpc) is 2.94. The van der Waals surface area contributed by atoms with Crippen LogP contribution in [0.4, 0.5) is 0 Å². The highest BCUT2D eigenvalue weighted by Crippen LogP contribution is 2.34. The standard InChI is InChI=1S/C13H18N2O4S/c1-4-5-10-15(9(6-20-10)13(17)18)12(16)11-7(2)14-19-8(11)3/h9-10H,4-6H2,1-3H3,(H,17,18). The highest BCUT2D eigenvalue weighted by Gasteiger charge is 2.42. The lowest BCUT2D eigenvalue weighted by Crippen LogP contribution is -2.45. The molecule has 0 bridgehead atoms. The second kappa shape index (κ2) is 5.87. The van der Waals surface area contributed by atoms with Crippen molar-refractivity contribution in [3.63, 3.8) is 0 Å². The first-order valence-electron chi connectivity index (χ1n) is 6.57. The summed E-state index contributed by atoms with van der Waals surface area (Å²) in [5, 5.41) is 13.0. The lowest BCUT2D eigenvalue weighted by Gasteiger charge is -2.27. The molecule has 1 N–H and O–H groups in total. The van der Waals surface area contributed by atoms with Crippen LogP contribution in [-0.4, -0.2) is 44.2 Å². The molecule has 6 nitrogen and oxygen atoms in total. The van der Waals surface area contributed by atoms with Crippen LogP contribution in [0.25, 0.3) is 0 Å². The van der Waals surface area contributed by atoms with Gasteiger partial charge in [-0.1, -0.05) is 18.5 Å². The van der Waals surface area contributed by atoms with E-state index in [0.717, 1.165) is 12.8 Å². The Morgan fingerprint density at radius 1 is 1.50 bits per heavy atom. The number of thioether (sulfide) groups is 1. The summed E-state index contributed by atoms with van der Waals surface area (Å²) in [6.07, 6.45) is 1.68. The molecule has 0 aliphatic carbocycles. The average molecular weight is 298 g/mol. The number of aromatic nitrogens is 1. The second-order valence-corrected chi connectivity index (χ2v) is 6.05. The van der Waals surface area contributed by atoms with Crippen molar-refractivity contribution in [1.29, 1.82) is 0 Å². The Morgan fingerprint density at radius 2 is 2.20 bits per heavy atom. The van der Waals surface area contributed by atoms with Crippen LogP contribution < -0.4 is 0 Å². The van der Waals surface area contributed by atoms with Gasteiger partial charge in [0.25, 0.3) is 5.91 Å². The Bertz CT molecular complexity index is 509. The molecule has 1 aromatic rings. The fourth-order valence-electron chi connectivity index (χ4n) is 2.41. The van der Waals surface area contributed by atoms with Crippen LogP contribution in [0.2, 0.25) is 0 Å². The number of rotatable bonds is 4. The topological polar surface area (TPSA) is 83.6 Å². The van der Waals surface area contributed by atoms with Gasteiger partial charge in [-0.15, -0.1) is 11.8 Å². The van der Waals surface area contributed by atoms with Crippen LogP contribution in [-0.2, 0) is 4.79 Å². The number of carbonyl (C=O) groups is 2. The molecular weight excluding hydrogens is 280 g/mol. The number of hydrogen-bond donors (Lipinski definition) is 1. The monoisotopic (exact) mass is 298 g/mol. The quantitative estimate of drug-likeness (QED) is 0.916. The fraction of sp³-hybridized carbons (Fsp3) is 0.615. The largest absolute Gasteiger partial charge is 0.480 e. The van der Waals surface area contributed by atoms with Gasteiger partial charge in [0.15, 0.2) is 0 Å². The number of carbonyl (C=O) groups excluding carboxylic acids is 1. The minimum absolute atomic E-state index is 0.0951. The first-order valence-corrected chi connectivity index (χ1v) is 7.62. The van der Waals surface area contributed by atoms with Crippen molar-refractivity contribution in [2.75, 3.05) is 5.75 Å². The van der Waals surface area contributed by atoms with Crippen LogP contribution in [0.1, 0.15) is 41.6 Å². The van der Waals surface area contributed by atoms with Crippen molar-refractivity contribution in [1.82, 2.24) is 10.1 Å². The molecule has 7 heteroatoms. The summed E-state index contributed by atoms with van der Waals surface area (Å²) in [6, 6.07) is -0.780. The number of carboxylic acid groups (broad SMARTS) is 1. The van der Waals surface area contributed by atoms with Crippen LogP contribution in [0, 0.1) is 13.8 Å².